The summed E-state index contributed by atoms with van der Waals surface area (Å²) in [6.07, 6.45) is 1.15. The summed E-state index contributed by atoms with van der Waals surface area (Å²) in [6, 6.07) is 0. The number of nitro groups is 1. The number of aryl methyl sites for hydroxylation is 2. The van der Waals surface area contributed by atoms with E-state index in [1.165, 1.54) is 4.68 Å². The quantitative estimate of drug-likeness (QED) is 0.648. The molecule has 0 bridgehead atoms. The molecule has 9 nitrogen and oxygen atoms in total. The van der Waals surface area contributed by atoms with E-state index in [0.717, 1.165) is 23.1 Å². The van der Waals surface area contributed by atoms with E-state index in [4.69, 9.17) is 0 Å². The van der Waals surface area contributed by atoms with Crippen LogP contribution in [0.15, 0.2) is 6.20 Å². The maximum Gasteiger partial charge on any atom is 0.309 e. The molecule has 2 rings (SSSR count). The summed E-state index contributed by atoms with van der Waals surface area (Å²) in [4.78, 5) is 22.2. The van der Waals surface area contributed by atoms with E-state index in [2.05, 4.69) is 15.5 Å². The van der Waals surface area contributed by atoms with Gasteiger partial charge in [0.2, 0.25) is 5.91 Å². The van der Waals surface area contributed by atoms with Gasteiger partial charge < -0.3 is 5.32 Å². The fourth-order valence-electron chi connectivity index (χ4n) is 2.23. The van der Waals surface area contributed by atoms with Crippen LogP contribution in [0.1, 0.15) is 22.6 Å². The van der Waals surface area contributed by atoms with Crippen LogP contribution in [-0.2, 0) is 24.9 Å². The molecular weight excluding hydrogens is 288 g/mol. The standard InChI is InChI=1S/C13H18N6O3/c1-8-11(9(2)17(4)16-8)5-14-13(20)7-18-10(3)12(6-15-18)19(21)22/h6H,5,7H2,1-4H3,(H,14,20). The van der Waals surface area contributed by atoms with E-state index in [-0.39, 0.29) is 18.1 Å². The molecular formula is C13H18N6O3. The highest BCUT2D eigenvalue weighted by atomic mass is 16.6. The molecule has 1 N–H and O–H groups in total. The second-order valence-corrected chi connectivity index (χ2v) is 5.08. The van der Waals surface area contributed by atoms with Crippen LogP contribution in [0.3, 0.4) is 0 Å². The molecule has 9 heteroatoms. The highest BCUT2D eigenvalue weighted by Crippen LogP contribution is 2.16. The van der Waals surface area contributed by atoms with Gasteiger partial charge >= 0.3 is 5.69 Å². The lowest BCUT2D eigenvalue weighted by Gasteiger charge is -2.07. The molecule has 1 amide bonds. The predicted molar refractivity (Wildman–Crippen MR) is 78.1 cm³/mol. The predicted octanol–water partition coefficient (Wildman–Crippen LogP) is 0.766. The molecule has 0 unspecified atom stereocenters. The summed E-state index contributed by atoms with van der Waals surface area (Å²) in [5.41, 5.74) is 3.09. The highest BCUT2D eigenvalue weighted by molar-refractivity contribution is 5.75. The average Bonchev–Trinajstić information content (AvgIpc) is 2.90. The van der Waals surface area contributed by atoms with Gasteiger partial charge in [-0.1, -0.05) is 0 Å². The van der Waals surface area contributed by atoms with Gasteiger partial charge in [0, 0.05) is 24.8 Å². The number of carbonyl (C=O) groups excluding carboxylic acids is 1. The average molecular weight is 306 g/mol. The van der Waals surface area contributed by atoms with Gasteiger partial charge in [0.25, 0.3) is 0 Å². The van der Waals surface area contributed by atoms with Crippen molar-refractivity contribution in [3.63, 3.8) is 0 Å². The molecule has 22 heavy (non-hydrogen) atoms. The Morgan fingerprint density at radius 1 is 1.36 bits per heavy atom. The van der Waals surface area contributed by atoms with Crippen molar-refractivity contribution >= 4 is 11.6 Å². The smallest absolute Gasteiger partial charge is 0.309 e. The van der Waals surface area contributed by atoms with Crippen molar-refractivity contribution in [1.82, 2.24) is 24.9 Å². The summed E-state index contributed by atoms with van der Waals surface area (Å²) in [5, 5.41) is 21.7. The zero-order valence-electron chi connectivity index (χ0n) is 13.0. The Hall–Kier alpha value is -2.71. The number of amides is 1. The van der Waals surface area contributed by atoms with Crippen molar-refractivity contribution in [2.75, 3.05) is 0 Å². The number of aromatic nitrogens is 4. The van der Waals surface area contributed by atoms with Crippen LogP contribution in [-0.4, -0.2) is 30.4 Å². The van der Waals surface area contributed by atoms with Crippen molar-refractivity contribution in [3.05, 3.63) is 39.0 Å². The Bertz CT molecular complexity index is 730. The zero-order chi connectivity index (χ0) is 16.4. The SMILES string of the molecule is Cc1nn(C)c(C)c1CNC(=O)Cn1ncc([N+](=O)[O-])c1C. The molecule has 0 saturated carbocycles. The van der Waals surface area contributed by atoms with Crippen LogP contribution < -0.4 is 5.32 Å². The Morgan fingerprint density at radius 2 is 2.05 bits per heavy atom. The lowest BCUT2D eigenvalue weighted by Crippen LogP contribution is -2.28. The first-order valence-corrected chi connectivity index (χ1v) is 6.73. The first kappa shape index (κ1) is 15.7. The maximum atomic E-state index is 12.0. The summed E-state index contributed by atoms with van der Waals surface area (Å²) in [6.45, 7) is 5.69. The Kier molecular flexibility index (Phi) is 4.25. The van der Waals surface area contributed by atoms with Gasteiger partial charge in [-0.05, 0) is 20.8 Å². The summed E-state index contributed by atoms with van der Waals surface area (Å²) in [5.74, 6) is -0.260. The monoisotopic (exact) mass is 306 g/mol. The molecule has 0 saturated heterocycles. The van der Waals surface area contributed by atoms with Crippen LogP contribution >= 0.6 is 0 Å². The van der Waals surface area contributed by atoms with Crippen LogP contribution in [0.5, 0.6) is 0 Å². The van der Waals surface area contributed by atoms with Gasteiger partial charge in [-0.2, -0.15) is 10.2 Å². The number of rotatable bonds is 5. The van der Waals surface area contributed by atoms with Crippen molar-refractivity contribution in [2.24, 2.45) is 7.05 Å². The highest BCUT2D eigenvalue weighted by Gasteiger charge is 2.18. The second-order valence-electron chi connectivity index (χ2n) is 5.08. The Morgan fingerprint density at radius 3 is 2.55 bits per heavy atom. The third-order valence-corrected chi connectivity index (χ3v) is 3.69. The van der Waals surface area contributed by atoms with Gasteiger partial charge in [0.15, 0.2) is 0 Å². The van der Waals surface area contributed by atoms with Crippen LogP contribution in [0.2, 0.25) is 0 Å². The first-order chi connectivity index (χ1) is 10.3. The molecule has 0 radical (unpaired) electrons. The largest absolute Gasteiger partial charge is 0.350 e. The fraction of sp³-hybridized carbons (Fsp3) is 0.462. The van der Waals surface area contributed by atoms with E-state index >= 15 is 0 Å². The van der Waals surface area contributed by atoms with Crippen molar-refractivity contribution in [3.8, 4) is 0 Å². The van der Waals surface area contributed by atoms with E-state index in [1.807, 2.05) is 20.9 Å². The van der Waals surface area contributed by atoms with E-state index in [9.17, 15) is 14.9 Å². The summed E-state index contributed by atoms with van der Waals surface area (Å²) in [7, 11) is 1.85. The Balaban J connectivity index is 2.00. The first-order valence-electron chi connectivity index (χ1n) is 6.73. The lowest BCUT2D eigenvalue weighted by atomic mass is 10.2. The third-order valence-electron chi connectivity index (χ3n) is 3.69. The number of nitrogens with zero attached hydrogens (tertiary/aromatic N) is 5. The van der Waals surface area contributed by atoms with Crippen LogP contribution in [0.4, 0.5) is 5.69 Å². The molecule has 0 aliphatic carbocycles. The summed E-state index contributed by atoms with van der Waals surface area (Å²) >= 11 is 0. The van der Waals surface area contributed by atoms with E-state index in [1.54, 1.807) is 11.6 Å². The van der Waals surface area contributed by atoms with Gasteiger partial charge in [0.1, 0.15) is 18.4 Å². The van der Waals surface area contributed by atoms with Crippen LogP contribution in [0, 0.1) is 30.9 Å². The number of hydrogen-bond acceptors (Lipinski definition) is 5. The number of nitrogens with one attached hydrogen (secondary N) is 1. The van der Waals surface area contributed by atoms with Gasteiger partial charge in [0.05, 0.1) is 10.6 Å². The molecule has 2 aromatic heterocycles. The molecule has 0 aromatic carbocycles. The van der Waals surface area contributed by atoms with Gasteiger partial charge in [-0.25, -0.2) is 0 Å². The lowest BCUT2D eigenvalue weighted by molar-refractivity contribution is -0.385. The molecule has 0 spiro atoms. The van der Waals surface area contributed by atoms with Crippen LogP contribution in [0.25, 0.3) is 0 Å². The van der Waals surface area contributed by atoms with Crippen molar-refractivity contribution in [1.29, 1.82) is 0 Å². The zero-order valence-corrected chi connectivity index (χ0v) is 13.0. The number of hydrogen-bond donors (Lipinski definition) is 1. The van der Waals surface area contributed by atoms with Gasteiger partial charge in [-0.3, -0.25) is 24.3 Å². The minimum Gasteiger partial charge on any atom is -0.350 e. The molecule has 0 atom stereocenters. The van der Waals surface area contributed by atoms with Gasteiger partial charge in [-0.15, -0.1) is 0 Å². The molecule has 2 aromatic rings. The topological polar surface area (TPSA) is 108 Å². The molecule has 0 aliphatic rings. The van der Waals surface area contributed by atoms with Crippen molar-refractivity contribution < 1.29 is 9.72 Å². The maximum absolute atomic E-state index is 12.0. The third kappa shape index (κ3) is 2.97. The van der Waals surface area contributed by atoms with Crippen molar-refractivity contribution in [2.45, 2.75) is 33.9 Å². The normalized spacial score (nSPS) is 10.7. The second kappa shape index (κ2) is 5.96. The van der Waals surface area contributed by atoms with E-state index in [0.29, 0.717) is 12.2 Å². The molecule has 0 aliphatic heterocycles. The van der Waals surface area contributed by atoms with E-state index < -0.39 is 4.92 Å². The minimum atomic E-state index is -0.515. The minimum absolute atomic E-state index is 0.0575. The molecule has 0 fully saturated rings. The summed E-state index contributed by atoms with van der Waals surface area (Å²) < 4.78 is 3.08. The molecule has 118 valence electrons. The number of carbonyl (C=O) groups is 1. The fourth-order valence-corrected chi connectivity index (χ4v) is 2.23. The Labute approximate surface area is 127 Å². The molecule has 2 heterocycles.